The molecule has 0 aromatic rings. The third kappa shape index (κ3) is 3.53. The predicted molar refractivity (Wildman–Crippen MR) is 41.3 cm³/mol. The minimum absolute atomic E-state index is 0.937. The number of allylic oxidation sites excluding steroid dienone is 2. The minimum Gasteiger partial charge on any atom is -0.405 e. The molecular formula is C7H12N2. The molecule has 0 rings (SSSR count). The van der Waals surface area contributed by atoms with Gasteiger partial charge in [-0.05, 0) is 31.0 Å². The molecule has 0 spiro atoms. The topological polar surface area (TPSA) is 38.4 Å². The van der Waals surface area contributed by atoms with Crippen LogP contribution in [0.4, 0.5) is 0 Å². The molecule has 9 heavy (non-hydrogen) atoms. The SMILES string of the molecule is C=N/C=C(\C=C/N)CC. The smallest absolute Gasteiger partial charge is 0.0293 e. The Morgan fingerprint density at radius 2 is 2.44 bits per heavy atom. The lowest BCUT2D eigenvalue weighted by molar-refractivity contribution is 1.13. The molecule has 0 saturated heterocycles. The molecule has 0 amide bonds. The van der Waals surface area contributed by atoms with E-state index in [0.29, 0.717) is 0 Å². The highest BCUT2D eigenvalue weighted by atomic mass is 14.6. The first-order valence-electron chi connectivity index (χ1n) is 2.88. The van der Waals surface area contributed by atoms with Gasteiger partial charge in [0.05, 0.1) is 0 Å². The van der Waals surface area contributed by atoms with Crippen molar-refractivity contribution in [3.63, 3.8) is 0 Å². The van der Waals surface area contributed by atoms with Crippen molar-refractivity contribution in [3.8, 4) is 0 Å². The minimum atomic E-state index is 0.937. The molecule has 0 bridgehead atoms. The molecular weight excluding hydrogens is 112 g/mol. The van der Waals surface area contributed by atoms with E-state index in [4.69, 9.17) is 5.73 Å². The van der Waals surface area contributed by atoms with Crippen LogP contribution >= 0.6 is 0 Å². The Morgan fingerprint density at radius 1 is 1.78 bits per heavy atom. The molecule has 0 fully saturated rings. The standard InChI is InChI=1S/C7H12N2/c1-3-7(4-5-8)6-9-2/h4-6H,2-3,8H2,1H3/b5-4-,7-6-. The third-order valence-electron chi connectivity index (χ3n) is 0.976. The van der Waals surface area contributed by atoms with Gasteiger partial charge in [0.15, 0.2) is 0 Å². The molecule has 0 aliphatic rings. The zero-order valence-corrected chi connectivity index (χ0v) is 5.67. The summed E-state index contributed by atoms with van der Waals surface area (Å²) in [7, 11) is 0. The molecule has 0 saturated carbocycles. The number of nitrogens with two attached hydrogens (primary N) is 1. The van der Waals surface area contributed by atoms with E-state index in [0.717, 1.165) is 12.0 Å². The van der Waals surface area contributed by atoms with Gasteiger partial charge in [0.25, 0.3) is 0 Å². The van der Waals surface area contributed by atoms with Crippen molar-refractivity contribution in [3.05, 3.63) is 24.0 Å². The quantitative estimate of drug-likeness (QED) is 0.449. The monoisotopic (exact) mass is 124 g/mol. The van der Waals surface area contributed by atoms with Gasteiger partial charge in [0, 0.05) is 6.20 Å². The maximum Gasteiger partial charge on any atom is 0.0293 e. The molecule has 0 aromatic carbocycles. The molecule has 0 heterocycles. The fraction of sp³-hybridized carbons (Fsp3) is 0.286. The predicted octanol–water partition coefficient (Wildman–Crippen LogP) is 1.45. The Morgan fingerprint density at radius 3 is 2.78 bits per heavy atom. The largest absolute Gasteiger partial charge is 0.405 e. The summed E-state index contributed by atoms with van der Waals surface area (Å²) in [5.41, 5.74) is 6.24. The van der Waals surface area contributed by atoms with Crippen molar-refractivity contribution in [2.24, 2.45) is 10.7 Å². The van der Waals surface area contributed by atoms with Crippen LogP contribution in [-0.2, 0) is 0 Å². The molecule has 0 radical (unpaired) electrons. The molecule has 0 aliphatic carbocycles. The summed E-state index contributed by atoms with van der Waals surface area (Å²) in [4.78, 5) is 3.61. The first-order chi connectivity index (χ1) is 4.35. The van der Waals surface area contributed by atoms with Crippen LogP contribution in [0.15, 0.2) is 29.0 Å². The van der Waals surface area contributed by atoms with Crippen molar-refractivity contribution >= 4 is 6.72 Å². The Bertz CT molecular complexity index is 134. The van der Waals surface area contributed by atoms with Crippen LogP contribution in [0.3, 0.4) is 0 Å². The van der Waals surface area contributed by atoms with Gasteiger partial charge in [-0.1, -0.05) is 6.92 Å². The van der Waals surface area contributed by atoms with Crippen LogP contribution in [0.2, 0.25) is 0 Å². The summed E-state index contributed by atoms with van der Waals surface area (Å²) < 4.78 is 0. The first kappa shape index (κ1) is 7.95. The maximum atomic E-state index is 5.15. The van der Waals surface area contributed by atoms with E-state index in [9.17, 15) is 0 Å². The molecule has 50 valence electrons. The Balaban J connectivity index is 3.96. The van der Waals surface area contributed by atoms with Gasteiger partial charge < -0.3 is 5.73 Å². The van der Waals surface area contributed by atoms with Crippen molar-refractivity contribution in [2.75, 3.05) is 0 Å². The average molecular weight is 124 g/mol. The van der Waals surface area contributed by atoms with Gasteiger partial charge in [-0.25, -0.2) is 0 Å². The van der Waals surface area contributed by atoms with Gasteiger partial charge in [-0.15, -0.1) is 0 Å². The van der Waals surface area contributed by atoms with Crippen LogP contribution in [-0.4, -0.2) is 6.72 Å². The number of rotatable bonds is 3. The summed E-state index contributed by atoms with van der Waals surface area (Å²) in [6, 6.07) is 0. The second-order valence-electron chi connectivity index (χ2n) is 1.60. The van der Waals surface area contributed by atoms with Crippen LogP contribution < -0.4 is 5.73 Å². The van der Waals surface area contributed by atoms with Crippen molar-refractivity contribution in [1.82, 2.24) is 0 Å². The fourth-order valence-corrected chi connectivity index (χ4v) is 0.493. The second kappa shape index (κ2) is 5.09. The lowest BCUT2D eigenvalue weighted by atomic mass is 10.2. The fourth-order valence-electron chi connectivity index (χ4n) is 0.493. The third-order valence-corrected chi connectivity index (χ3v) is 0.976. The van der Waals surface area contributed by atoms with Crippen LogP contribution in [0.25, 0.3) is 0 Å². The van der Waals surface area contributed by atoms with E-state index in [1.165, 1.54) is 6.20 Å². The molecule has 0 unspecified atom stereocenters. The lowest BCUT2D eigenvalue weighted by Crippen LogP contribution is -1.79. The molecule has 2 heteroatoms. The molecule has 2 nitrogen and oxygen atoms in total. The van der Waals surface area contributed by atoms with Gasteiger partial charge >= 0.3 is 0 Å². The van der Waals surface area contributed by atoms with E-state index in [2.05, 4.69) is 11.7 Å². The lowest BCUT2D eigenvalue weighted by Gasteiger charge is -1.90. The van der Waals surface area contributed by atoms with Crippen LogP contribution in [0.5, 0.6) is 0 Å². The van der Waals surface area contributed by atoms with Crippen LogP contribution in [0, 0.1) is 0 Å². The normalized spacial score (nSPS) is 12.3. The Hall–Kier alpha value is -1.05. The van der Waals surface area contributed by atoms with E-state index < -0.39 is 0 Å². The molecule has 0 aliphatic heterocycles. The maximum absolute atomic E-state index is 5.15. The summed E-state index contributed by atoms with van der Waals surface area (Å²) in [5.74, 6) is 0. The first-order valence-corrected chi connectivity index (χ1v) is 2.88. The van der Waals surface area contributed by atoms with E-state index >= 15 is 0 Å². The summed E-state index contributed by atoms with van der Waals surface area (Å²) in [5, 5.41) is 0. The number of nitrogens with zero attached hydrogens (tertiary/aromatic N) is 1. The average Bonchev–Trinajstić information content (AvgIpc) is 1.88. The van der Waals surface area contributed by atoms with Crippen molar-refractivity contribution in [2.45, 2.75) is 13.3 Å². The highest BCUT2D eigenvalue weighted by molar-refractivity contribution is 5.28. The van der Waals surface area contributed by atoms with Crippen molar-refractivity contribution < 1.29 is 0 Å². The summed E-state index contributed by atoms with van der Waals surface area (Å²) in [6.07, 6.45) is 5.95. The highest BCUT2D eigenvalue weighted by Gasteiger charge is 1.82. The number of hydrogen-bond donors (Lipinski definition) is 1. The van der Waals surface area contributed by atoms with Gasteiger partial charge in [0.2, 0.25) is 0 Å². The van der Waals surface area contributed by atoms with E-state index in [1.54, 1.807) is 6.20 Å². The number of hydrogen-bond acceptors (Lipinski definition) is 2. The second-order valence-corrected chi connectivity index (χ2v) is 1.60. The Labute approximate surface area is 55.8 Å². The van der Waals surface area contributed by atoms with E-state index in [-0.39, 0.29) is 0 Å². The zero-order chi connectivity index (χ0) is 7.11. The van der Waals surface area contributed by atoms with Crippen molar-refractivity contribution in [1.29, 1.82) is 0 Å². The summed E-state index contributed by atoms with van der Waals surface area (Å²) >= 11 is 0. The highest BCUT2D eigenvalue weighted by Crippen LogP contribution is 2.00. The zero-order valence-electron chi connectivity index (χ0n) is 5.67. The van der Waals surface area contributed by atoms with Gasteiger partial charge in [0.1, 0.15) is 0 Å². The molecule has 2 N–H and O–H groups in total. The van der Waals surface area contributed by atoms with E-state index in [1.807, 2.05) is 13.0 Å². The Kier molecular flexibility index (Phi) is 4.50. The van der Waals surface area contributed by atoms with Crippen LogP contribution in [0.1, 0.15) is 13.3 Å². The summed E-state index contributed by atoms with van der Waals surface area (Å²) in [6.45, 7) is 5.37. The number of aliphatic imine (C=N–C) groups is 1. The van der Waals surface area contributed by atoms with Gasteiger partial charge in [-0.3, -0.25) is 4.99 Å². The molecule has 0 aromatic heterocycles. The van der Waals surface area contributed by atoms with Gasteiger partial charge in [-0.2, -0.15) is 0 Å². The molecule has 0 atom stereocenters.